The summed E-state index contributed by atoms with van der Waals surface area (Å²) < 4.78 is 16.1. The Morgan fingerprint density at radius 2 is 1.72 bits per heavy atom. The molecule has 0 radical (unpaired) electrons. The number of hydrogen-bond donors (Lipinski definition) is 0. The number of nitrogens with zero attached hydrogens (tertiary/aromatic N) is 1. The molecule has 2 aromatic rings. The quantitative estimate of drug-likeness (QED) is 0.631. The first-order valence-electron chi connectivity index (χ1n) is 7.84. The van der Waals surface area contributed by atoms with Crippen LogP contribution in [0, 0.1) is 13.8 Å². The maximum absolute atomic E-state index is 12.2. The largest absolute Gasteiger partial charge is 0.496 e. The highest BCUT2D eigenvalue weighted by atomic mass is 16.6. The highest BCUT2D eigenvalue weighted by Gasteiger charge is 2.25. The van der Waals surface area contributed by atoms with Gasteiger partial charge >= 0.3 is 5.97 Å². The second-order valence-electron chi connectivity index (χ2n) is 5.71. The molecule has 0 spiro atoms. The molecule has 0 aromatic heterocycles. The van der Waals surface area contributed by atoms with Gasteiger partial charge in [-0.2, -0.15) is 0 Å². The lowest BCUT2D eigenvalue weighted by Gasteiger charge is -2.10. The number of aryl methyl sites for hydroxylation is 2. The zero-order chi connectivity index (χ0) is 18.0. The van der Waals surface area contributed by atoms with E-state index in [9.17, 15) is 4.79 Å². The second-order valence-corrected chi connectivity index (χ2v) is 5.71. The Morgan fingerprint density at radius 1 is 1.00 bits per heavy atom. The minimum absolute atomic E-state index is 0.224. The number of rotatable bonds is 4. The summed E-state index contributed by atoms with van der Waals surface area (Å²) in [5.41, 5.74) is 3.66. The smallest absolute Gasteiger partial charge is 0.363 e. The number of benzene rings is 2. The lowest BCUT2D eigenvalue weighted by atomic mass is 10.1. The van der Waals surface area contributed by atoms with E-state index in [-0.39, 0.29) is 5.70 Å². The minimum atomic E-state index is -0.486. The van der Waals surface area contributed by atoms with Crippen molar-refractivity contribution in [2.45, 2.75) is 13.8 Å². The van der Waals surface area contributed by atoms with Gasteiger partial charge in [-0.05, 0) is 49.2 Å². The fraction of sp³-hybridized carbons (Fsp3) is 0.200. The minimum Gasteiger partial charge on any atom is -0.496 e. The van der Waals surface area contributed by atoms with Crippen molar-refractivity contribution < 1.29 is 19.0 Å². The zero-order valence-electron chi connectivity index (χ0n) is 14.6. The molecule has 0 saturated heterocycles. The predicted octanol–water partition coefficient (Wildman–Crippen LogP) is 3.67. The summed E-state index contributed by atoms with van der Waals surface area (Å²) in [5.74, 6) is 1.17. The van der Waals surface area contributed by atoms with Crippen molar-refractivity contribution >= 4 is 17.9 Å². The van der Waals surface area contributed by atoms with E-state index < -0.39 is 5.97 Å². The maximum atomic E-state index is 12.2. The summed E-state index contributed by atoms with van der Waals surface area (Å²) in [6, 6.07) is 11.3. The third kappa shape index (κ3) is 3.26. The molecule has 0 amide bonds. The summed E-state index contributed by atoms with van der Waals surface area (Å²) in [5, 5.41) is 0. The van der Waals surface area contributed by atoms with Crippen LogP contribution >= 0.6 is 0 Å². The van der Waals surface area contributed by atoms with Gasteiger partial charge in [0.1, 0.15) is 11.5 Å². The van der Waals surface area contributed by atoms with Gasteiger partial charge in [-0.1, -0.05) is 18.2 Å². The number of esters is 1. The number of methoxy groups -OCH3 is 2. The molecule has 0 N–H and O–H groups in total. The Morgan fingerprint density at radius 3 is 2.40 bits per heavy atom. The predicted molar refractivity (Wildman–Crippen MR) is 96.1 cm³/mol. The van der Waals surface area contributed by atoms with Crippen molar-refractivity contribution in [3.63, 3.8) is 0 Å². The molecule has 5 heteroatoms. The van der Waals surface area contributed by atoms with Crippen LogP contribution in [0.15, 0.2) is 47.1 Å². The van der Waals surface area contributed by atoms with Gasteiger partial charge in [-0.25, -0.2) is 9.79 Å². The molecule has 3 rings (SSSR count). The summed E-state index contributed by atoms with van der Waals surface area (Å²) >= 11 is 0. The maximum Gasteiger partial charge on any atom is 0.363 e. The molecule has 0 fully saturated rings. The van der Waals surface area contributed by atoms with Crippen LogP contribution in [-0.4, -0.2) is 26.1 Å². The topological polar surface area (TPSA) is 57.1 Å². The van der Waals surface area contributed by atoms with Gasteiger partial charge < -0.3 is 14.2 Å². The Bertz CT molecular complexity index is 897. The Labute approximate surface area is 146 Å². The van der Waals surface area contributed by atoms with Crippen LogP contribution in [0.25, 0.3) is 6.08 Å². The van der Waals surface area contributed by atoms with Gasteiger partial charge in [0.2, 0.25) is 5.90 Å². The highest BCUT2D eigenvalue weighted by Crippen LogP contribution is 2.31. The van der Waals surface area contributed by atoms with Gasteiger partial charge in [-0.3, -0.25) is 0 Å². The van der Waals surface area contributed by atoms with Crippen molar-refractivity contribution in [2.75, 3.05) is 14.2 Å². The van der Waals surface area contributed by atoms with Crippen LogP contribution in [0.5, 0.6) is 11.5 Å². The average molecular weight is 337 g/mol. The standard InChI is InChI=1S/C20H19NO4/c1-12-7-5-6-8-15(12)19-21-16(20(22)25-19)10-14-11-17(23-3)13(2)9-18(14)24-4/h5-11H,1-4H3/b16-10+. The molecule has 5 nitrogen and oxygen atoms in total. The van der Waals surface area contributed by atoms with E-state index in [0.29, 0.717) is 23.0 Å². The summed E-state index contributed by atoms with van der Waals surface area (Å²) in [6.07, 6.45) is 1.65. The van der Waals surface area contributed by atoms with E-state index in [0.717, 1.165) is 16.7 Å². The number of carbonyl (C=O) groups is 1. The first kappa shape index (κ1) is 16.8. The van der Waals surface area contributed by atoms with Gasteiger partial charge in [0, 0.05) is 11.1 Å². The van der Waals surface area contributed by atoms with E-state index in [4.69, 9.17) is 14.2 Å². The molecule has 0 atom stereocenters. The molecule has 0 saturated carbocycles. The zero-order valence-corrected chi connectivity index (χ0v) is 14.6. The normalized spacial score (nSPS) is 15.1. The van der Waals surface area contributed by atoms with Crippen molar-refractivity contribution in [3.8, 4) is 11.5 Å². The number of ether oxygens (including phenoxy) is 3. The van der Waals surface area contributed by atoms with Crippen LogP contribution in [0.4, 0.5) is 0 Å². The molecule has 0 unspecified atom stereocenters. The summed E-state index contributed by atoms with van der Waals surface area (Å²) in [7, 11) is 3.18. The molecule has 2 aromatic carbocycles. The van der Waals surface area contributed by atoms with Crippen LogP contribution < -0.4 is 9.47 Å². The molecule has 0 bridgehead atoms. The van der Waals surface area contributed by atoms with Crippen LogP contribution in [0.1, 0.15) is 22.3 Å². The van der Waals surface area contributed by atoms with Gasteiger partial charge in [0.15, 0.2) is 5.70 Å². The molecular weight excluding hydrogens is 318 g/mol. The summed E-state index contributed by atoms with van der Waals surface area (Å²) in [6.45, 7) is 3.87. The van der Waals surface area contributed by atoms with E-state index in [1.54, 1.807) is 20.3 Å². The number of hydrogen-bond acceptors (Lipinski definition) is 5. The monoisotopic (exact) mass is 337 g/mol. The third-order valence-electron chi connectivity index (χ3n) is 4.04. The Kier molecular flexibility index (Phi) is 4.57. The second kappa shape index (κ2) is 6.81. The molecule has 25 heavy (non-hydrogen) atoms. The Balaban J connectivity index is 2.04. The van der Waals surface area contributed by atoms with E-state index in [2.05, 4.69) is 4.99 Å². The van der Waals surface area contributed by atoms with E-state index >= 15 is 0 Å². The van der Waals surface area contributed by atoms with Crippen LogP contribution in [0.2, 0.25) is 0 Å². The van der Waals surface area contributed by atoms with Crippen LogP contribution in [0.3, 0.4) is 0 Å². The molecule has 1 aliphatic heterocycles. The van der Waals surface area contributed by atoms with Crippen LogP contribution in [-0.2, 0) is 9.53 Å². The SMILES string of the molecule is COc1cc(/C=C2/N=C(c3ccccc3C)OC2=O)c(OC)cc1C. The number of carbonyl (C=O) groups excluding carboxylic acids is 1. The van der Waals surface area contributed by atoms with Gasteiger partial charge in [0.05, 0.1) is 14.2 Å². The lowest BCUT2D eigenvalue weighted by Crippen LogP contribution is -2.06. The summed E-state index contributed by atoms with van der Waals surface area (Å²) in [4.78, 5) is 16.6. The first-order chi connectivity index (χ1) is 12.0. The molecular formula is C20H19NO4. The van der Waals surface area contributed by atoms with Gasteiger partial charge in [0.25, 0.3) is 0 Å². The molecule has 1 heterocycles. The molecule has 0 aliphatic carbocycles. The first-order valence-corrected chi connectivity index (χ1v) is 7.84. The molecule has 1 aliphatic rings. The van der Waals surface area contributed by atoms with Crippen molar-refractivity contribution in [2.24, 2.45) is 4.99 Å². The number of aliphatic imine (C=N–C) groups is 1. The van der Waals surface area contributed by atoms with Crippen molar-refractivity contribution in [1.82, 2.24) is 0 Å². The molecule has 128 valence electrons. The van der Waals surface area contributed by atoms with E-state index in [1.165, 1.54) is 0 Å². The average Bonchev–Trinajstić information content (AvgIpc) is 2.96. The Hall–Kier alpha value is -3.08. The van der Waals surface area contributed by atoms with Crippen molar-refractivity contribution in [1.29, 1.82) is 0 Å². The van der Waals surface area contributed by atoms with Gasteiger partial charge in [-0.15, -0.1) is 0 Å². The fourth-order valence-electron chi connectivity index (χ4n) is 2.67. The fourth-order valence-corrected chi connectivity index (χ4v) is 2.67. The number of cyclic esters (lactones) is 1. The van der Waals surface area contributed by atoms with Crippen molar-refractivity contribution in [3.05, 3.63) is 64.3 Å². The third-order valence-corrected chi connectivity index (χ3v) is 4.04. The van der Waals surface area contributed by atoms with E-state index in [1.807, 2.05) is 50.2 Å². The lowest BCUT2D eigenvalue weighted by molar-refractivity contribution is -0.129. The highest BCUT2D eigenvalue weighted by molar-refractivity contribution is 6.13.